The van der Waals surface area contributed by atoms with E-state index in [0.717, 1.165) is 25.4 Å². The Labute approximate surface area is 82.3 Å². The van der Waals surface area contributed by atoms with E-state index in [1.807, 2.05) is 0 Å². The molecule has 0 amide bonds. The van der Waals surface area contributed by atoms with E-state index in [1.54, 1.807) is 0 Å². The van der Waals surface area contributed by atoms with Gasteiger partial charge < -0.3 is 11.1 Å². The summed E-state index contributed by atoms with van der Waals surface area (Å²) in [5.74, 6) is 0.923. The summed E-state index contributed by atoms with van der Waals surface area (Å²) in [7, 11) is 0. The van der Waals surface area contributed by atoms with Gasteiger partial charge in [0, 0.05) is 6.04 Å². The summed E-state index contributed by atoms with van der Waals surface area (Å²) in [5, 5.41) is 3.57. The third kappa shape index (κ3) is 4.10. The normalized spacial score (nSPS) is 21.7. The SMILES string of the molecule is CC(NCCCN)C1CCCCC1. The zero-order valence-electron chi connectivity index (χ0n) is 8.89. The molecule has 1 rings (SSSR count). The molecule has 1 atom stereocenters. The van der Waals surface area contributed by atoms with Crippen molar-refractivity contribution in [1.29, 1.82) is 0 Å². The van der Waals surface area contributed by atoms with Gasteiger partial charge in [-0.05, 0) is 45.2 Å². The largest absolute Gasteiger partial charge is 0.330 e. The maximum absolute atomic E-state index is 5.45. The lowest BCUT2D eigenvalue weighted by Gasteiger charge is -2.28. The Hall–Kier alpha value is -0.0800. The summed E-state index contributed by atoms with van der Waals surface area (Å²) in [5.41, 5.74) is 5.45. The fourth-order valence-corrected chi connectivity index (χ4v) is 2.23. The Kier molecular flexibility index (Phi) is 5.40. The van der Waals surface area contributed by atoms with Crippen molar-refractivity contribution in [3.8, 4) is 0 Å². The third-order valence-electron chi connectivity index (χ3n) is 3.20. The Morgan fingerprint density at radius 2 is 2.00 bits per heavy atom. The van der Waals surface area contributed by atoms with Crippen molar-refractivity contribution in [1.82, 2.24) is 5.32 Å². The van der Waals surface area contributed by atoms with Crippen molar-refractivity contribution in [3.63, 3.8) is 0 Å². The van der Waals surface area contributed by atoms with Crippen LogP contribution >= 0.6 is 0 Å². The lowest BCUT2D eigenvalue weighted by molar-refractivity contribution is 0.282. The van der Waals surface area contributed by atoms with Crippen LogP contribution in [0.15, 0.2) is 0 Å². The van der Waals surface area contributed by atoms with Gasteiger partial charge in [0.15, 0.2) is 0 Å². The van der Waals surface area contributed by atoms with E-state index < -0.39 is 0 Å². The molecule has 1 saturated carbocycles. The molecule has 0 aromatic heterocycles. The molecule has 0 heterocycles. The van der Waals surface area contributed by atoms with Crippen LogP contribution < -0.4 is 11.1 Å². The van der Waals surface area contributed by atoms with Crippen molar-refractivity contribution in [2.75, 3.05) is 13.1 Å². The predicted octanol–water partition coefficient (Wildman–Crippen LogP) is 1.89. The lowest BCUT2D eigenvalue weighted by Crippen LogP contribution is -2.35. The van der Waals surface area contributed by atoms with E-state index in [9.17, 15) is 0 Å². The van der Waals surface area contributed by atoms with Gasteiger partial charge in [0.1, 0.15) is 0 Å². The molecule has 0 bridgehead atoms. The molecule has 13 heavy (non-hydrogen) atoms. The fourth-order valence-electron chi connectivity index (χ4n) is 2.23. The number of nitrogens with two attached hydrogens (primary N) is 1. The van der Waals surface area contributed by atoms with Gasteiger partial charge in [-0.1, -0.05) is 19.3 Å². The molecular formula is C11H24N2. The quantitative estimate of drug-likeness (QED) is 0.640. The van der Waals surface area contributed by atoms with Crippen LogP contribution in [0.2, 0.25) is 0 Å². The molecule has 1 unspecified atom stereocenters. The first-order chi connectivity index (χ1) is 6.34. The highest BCUT2D eigenvalue weighted by molar-refractivity contribution is 4.75. The Balaban J connectivity index is 2.09. The summed E-state index contributed by atoms with van der Waals surface area (Å²) in [4.78, 5) is 0. The number of nitrogens with one attached hydrogen (secondary N) is 1. The lowest BCUT2D eigenvalue weighted by atomic mass is 9.84. The van der Waals surface area contributed by atoms with Gasteiger partial charge in [-0.2, -0.15) is 0 Å². The molecule has 0 spiro atoms. The minimum atomic E-state index is 0.701. The first-order valence-electron chi connectivity index (χ1n) is 5.78. The van der Waals surface area contributed by atoms with Gasteiger partial charge in [-0.15, -0.1) is 0 Å². The highest BCUT2D eigenvalue weighted by Crippen LogP contribution is 2.26. The van der Waals surface area contributed by atoms with Crippen LogP contribution in [-0.2, 0) is 0 Å². The summed E-state index contributed by atoms with van der Waals surface area (Å²) in [6.45, 7) is 4.23. The summed E-state index contributed by atoms with van der Waals surface area (Å²) < 4.78 is 0. The van der Waals surface area contributed by atoms with E-state index in [4.69, 9.17) is 5.73 Å². The predicted molar refractivity (Wildman–Crippen MR) is 57.7 cm³/mol. The first-order valence-corrected chi connectivity index (χ1v) is 5.78. The molecule has 0 aromatic carbocycles. The molecule has 2 heteroatoms. The standard InChI is InChI=1S/C11H24N2/c1-10(13-9-5-8-12)11-6-3-2-4-7-11/h10-11,13H,2-9,12H2,1H3. The van der Waals surface area contributed by atoms with Gasteiger partial charge in [0.25, 0.3) is 0 Å². The topological polar surface area (TPSA) is 38.0 Å². The van der Waals surface area contributed by atoms with Crippen LogP contribution in [-0.4, -0.2) is 19.1 Å². The number of hydrogen-bond donors (Lipinski definition) is 2. The zero-order valence-corrected chi connectivity index (χ0v) is 8.89. The molecule has 3 N–H and O–H groups in total. The summed E-state index contributed by atoms with van der Waals surface area (Å²) in [6.07, 6.45) is 8.29. The second kappa shape index (κ2) is 6.39. The first kappa shape index (κ1) is 11.0. The molecule has 2 nitrogen and oxygen atoms in total. The summed E-state index contributed by atoms with van der Waals surface area (Å²) >= 11 is 0. The van der Waals surface area contributed by atoms with E-state index in [2.05, 4.69) is 12.2 Å². The molecule has 1 aliphatic rings. The van der Waals surface area contributed by atoms with Crippen LogP contribution in [0.1, 0.15) is 45.4 Å². The van der Waals surface area contributed by atoms with Crippen LogP contribution in [0, 0.1) is 5.92 Å². The van der Waals surface area contributed by atoms with Crippen LogP contribution in [0.3, 0.4) is 0 Å². The molecule has 0 aromatic rings. The zero-order chi connectivity index (χ0) is 9.52. The van der Waals surface area contributed by atoms with Gasteiger partial charge in [0.05, 0.1) is 0 Å². The second-order valence-electron chi connectivity index (χ2n) is 4.28. The maximum Gasteiger partial charge on any atom is 0.00670 e. The average molecular weight is 184 g/mol. The van der Waals surface area contributed by atoms with E-state index in [-0.39, 0.29) is 0 Å². The fraction of sp³-hybridized carbons (Fsp3) is 1.00. The molecule has 0 radical (unpaired) electrons. The van der Waals surface area contributed by atoms with E-state index in [0.29, 0.717) is 6.04 Å². The second-order valence-corrected chi connectivity index (χ2v) is 4.28. The minimum Gasteiger partial charge on any atom is -0.330 e. The van der Waals surface area contributed by atoms with Crippen molar-refractivity contribution in [2.24, 2.45) is 11.7 Å². The molecule has 1 fully saturated rings. The average Bonchev–Trinajstić information content (AvgIpc) is 2.19. The maximum atomic E-state index is 5.45. The van der Waals surface area contributed by atoms with Gasteiger partial charge in [0.2, 0.25) is 0 Å². The van der Waals surface area contributed by atoms with Crippen LogP contribution in [0.5, 0.6) is 0 Å². The van der Waals surface area contributed by atoms with Crippen molar-refractivity contribution in [3.05, 3.63) is 0 Å². The van der Waals surface area contributed by atoms with E-state index in [1.165, 1.54) is 32.1 Å². The third-order valence-corrected chi connectivity index (χ3v) is 3.20. The minimum absolute atomic E-state index is 0.701. The highest BCUT2D eigenvalue weighted by atomic mass is 14.9. The summed E-state index contributed by atoms with van der Waals surface area (Å²) in [6, 6.07) is 0.701. The van der Waals surface area contributed by atoms with Crippen molar-refractivity contribution >= 4 is 0 Å². The number of hydrogen-bond acceptors (Lipinski definition) is 2. The number of rotatable bonds is 5. The Bertz CT molecular complexity index is 119. The monoisotopic (exact) mass is 184 g/mol. The van der Waals surface area contributed by atoms with Crippen molar-refractivity contribution in [2.45, 2.75) is 51.5 Å². The van der Waals surface area contributed by atoms with Crippen LogP contribution in [0.25, 0.3) is 0 Å². The molecule has 1 aliphatic carbocycles. The van der Waals surface area contributed by atoms with Gasteiger partial charge >= 0.3 is 0 Å². The van der Waals surface area contributed by atoms with Crippen LogP contribution in [0.4, 0.5) is 0 Å². The highest BCUT2D eigenvalue weighted by Gasteiger charge is 2.18. The van der Waals surface area contributed by atoms with E-state index >= 15 is 0 Å². The molecular weight excluding hydrogens is 160 g/mol. The Morgan fingerprint density at radius 3 is 2.62 bits per heavy atom. The van der Waals surface area contributed by atoms with Gasteiger partial charge in [-0.3, -0.25) is 0 Å². The van der Waals surface area contributed by atoms with Crippen molar-refractivity contribution < 1.29 is 0 Å². The molecule has 0 saturated heterocycles. The molecule has 0 aliphatic heterocycles. The van der Waals surface area contributed by atoms with Gasteiger partial charge in [-0.25, -0.2) is 0 Å². The Morgan fingerprint density at radius 1 is 1.31 bits per heavy atom. The smallest absolute Gasteiger partial charge is 0.00670 e. The molecule has 78 valence electrons.